The van der Waals surface area contributed by atoms with Crippen LogP contribution in [0.1, 0.15) is 6.42 Å². The summed E-state index contributed by atoms with van der Waals surface area (Å²) >= 11 is 6.00. The lowest BCUT2D eigenvalue weighted by molar-refractivity contribution is -0.141. The van der Waals surface area contributed by atoms with Crippen molar-refractivity contribution < 1.29 is 27.4 Å². The number of benzene rings is 2. The lowest BCUT2D eigenvalue weighted by Crippen LogP contribution is -2.14. The molecule has 0 heterocycles. The van der Waals surface area contributed by atoms with E-state index < -0.39 is 16.0 Å². The predicted octanol–water partition coefficient (Wildman–Crippen LogP) is 3.09. The van der Waals surface area contributed by atoms with Gasteiger partial charge >= 0.3 is 5.97 Å². The zero-order valence-corrected chi connectivity index (χ0v) is 15.8. The van der Waals surface area contributed by atoms with Crippen molar-refractivity contribution in [3.8, 4) is 11.5 Å². The second-order valence-electron chi connectivity index (χ2n) is 5.07. The van der Waals surface area contributed by atoms with E-state index in [1.807, 2.05) is 0 Å². The van der Waals surface area contributed by atoms with E-state index in [9.17, 15) is 13.2 Å². The highest BCUT2D eigenvalue weighted by Gasteiger charge is 2.18. The number of anilines is 1. The van der Waals surface area contributed by atoms with E-state index in [1.165, 1.54) is 32.4 Å². The Bertz CT molecular complexity index is 885. The van der Waals surface area contributed by atoms with Crippen LogP contribution in [-0.2, 0) is 19.6 Å². The van der Waals surface area contributed by atoms with Crippen LogP contribution in [0.2, 0.25) is 5.02 Å². The van der Waals surface area contributed by atoms with Crippen molar-refractivity contribution in [2.24, 2.45) is 0 Å². The molecule has 140 valence electrons. The topological polar surface area (TPSA) is 90.9 Å². The summed E-state index contributed by atoms with van der Waals surface area (Å²) in [5.41, 5.74) is 0.240. The van der Waals surface area contributed by atoms with Crippen LogP contribution in [0, 0.1) is 0 Å². The number of hydrogen-bond donors (Lipinski definition) is 1. The maximum absolute atomic E-state index is 12.6. The second-order valence-corrected chi connectivity index (χ2v) is 7.16. The molecule has 0 aromatic heterocycles. The van der Waals surface area contributed by atoms with Crippen LogP contribution in [0.4, 0.5) is 5.69 Å². The minimum atomic E-state index is -3.89. The van der Waals surface area contributed by atoms with Crippen LogP contribution in [-0.4, -0.2) is 35.2 Å². The third kappa shape index (κ3) is 5.03. The summed E-state index contributed by atoms with van der Waals surface area (Å²) in [6.07, 6.45) is 0.0473. The molecule has 0 aliphatic rings. The lowest BCUT2D eigenvalue weighted by Gasteiger charge is -2.14. The van der Waals surface area contributed by atoms with Crippen molar-refractivity contribution in [1.29, 1.82) is 0 Å². The molecule has 0 saturated carbocycles. The SMILES string of the molecule is COC(=O)CCOc1ccccc1NS(=O)(=O)c1ccc(OC)c(Cl)c1. The van der Waals surface area contributed by atoms with Crippen molar-refractivity contribution in [2.75, 3.05) is 25.5 Å². The molecule has 9 heteroatoms. The predicted molar refractivity (Wildman–Crippen MR) is 97.4 cm³/mol. The fourth-order valence-corrected chi connectivity index (χ4v) is 3.46. The third-order valence-electron chi connectivity index (χ3n) is 3.36. The Balaban J connectivity index is 2.19. The molecular weight excluding hydrogens is 382 g/mol. The Kier molecular flexibility index (Phi) is 6.70. The molecule has 0 radical (unpaired) electrons. The first kappa shape index (κ1) is 19.9. The Morgan fingerprint density at radius 3 is 2.50 bits per heavy atom. The summed E-state index contributed by atoms with van der Waals surface area (Å²) in [4.78, 5) is 11.1. The third-order valence-corrected chi connectivity index (χ3v) is 5.01. The van der Waals surface area contributed by atoms with E-state index in [0.29, 0.717) is 11.5 Å². The number of nitrogens with one attached hydrogen (secondary N) is 1. The van der Waals surface area contributed by atoms with Gasteiger partial charge in [-0.05, 0) is 30.3 Å². The number of sulfonamides is 1. The van der Waals surface area contributed by atoms with Crippen LogP contribution in [0.15, 0.2) is 47.4 Å². The Morgan fingerprint density at radius 1 is 1.12 bits per heavy atom. The maximum Gasteiger partial charge on any atom is 0.308 e. The van der Waals surface area contributed by atoms with Gasteiger partial charge < -0.3 is 14.2 Å². The van der Waals surface area contributed by atoms with Gasteiger partial charge in [-0.25, -0.2) is 8.42 Å². The van der Waals surface area contributed by atoms with Gasteiger partial charge in [0, 0.05) is 0 Å². The monoisotopic (exact) mass is 399 g/mol. The number of ether oxygens (including phenoxy) is 3. The summed E-state index contributed by atoms with van der Waals surface area (Å²) < 4.78 is 42.7. The number of esters is 1. The van der Waals surface area contributed by atoms with Gasteiger partial charge in [-0.2, -0.15) is 0 Å². The summed E-state index contributed by atoms with van der Waals surface area (Å²) in [6, 6.07) is 10.6. The van der Waals surface area contributed by atoms with E-state index in [1.54, 1.807) is 24.3 Å². The first-order chi connectivity index (χ1) is 12.4. The minimum Gasteiger partial charge on any atom is -0.495 e. The molecule has 0 atom stereocenters. The number of carbonyl (C=O) groups is 1. The van der Waals surface area contributed by atoms with Gasteiger partial charge in [-0.3, -0.25) is 9.52 Å². The fourth-order valence-electron chi connectivity index (χ4n) is 2.04. The molecule has 26 heavy (non-hydrogen) atoms. The first-order valence-corrected chi connectivity index (χ1v) is 9.38. The number of carbonyl (C=O) groups excluding carboxylic acids is 1. The quantitative estimate of drug-likeness (QED) is 0.686. The molecule has 7 nitrogen and oxygen atoms in total. The van der Waals surface area contributed by atoms with Gasteiger partial charge in [0.05, 0.1) is 42.9 Å². The Hall–Kier alpha value is -2.45. The molecule has 0 spiro atoms. The Morgan fingerprint density at radius 2 is 1.85 bits per heavy atom. The zero-order chi connectivity index (χ0) is 19.2. The standard InChI is InChI=1S/C17H18ClNO6S/c1-23-15-8-7-12(11-13(15)18)26(21,22)19-14-5-3-4-6-16(14)25-10-9-17(20)24-2/h3-8,11,19H,9-10H2,1-2H3. The van der Waals surface area contributed by atoms with Crippen LogP contribution in [0.3, 0.4) is 0 Å². The summed E-state index contributed by atoms with van der Waals surface area (Å²) in [5, 5.41) is 0.179. The molecule has 0 aliphatic carbocycles. The van der Waals surface area contributed by atoms with Crippen molar-refractivity contribution in [2.45, 2.75) is 11.3 Å². The average molecular weight is 400 g/mol. The van der Waals surface area contributed by atoms with Crippen LogP contribution >= 0.6 is 11.6 Å². The van der Waals surface area contributed by atoms with E-state index >= 15 is 0 Å². The molecule has 0 aliphatic heterocycles. The van der Waals surface area contributed by atoms with E-state index in [4.69, 9.17) is 21.1 Å². The van der Waals surface area contributed by atoms with Crippen molar-refractivity contribution in [3.63, 3.8) is 0 Å². The van der Waals surface area contributed by atoms with Crippen molar-refractivity contribution in [3.05, 3.63) is 47.5 Å². The summed E-state index contributed by atoms with van der Waals surface area (Å²) in [6.45, 7) is 0.0553. The summed E-state index contributed by atoms with van der Waals surface area (Å²) in [5.74, 6) is 0.243. The molecule has 2 aromatic carbocycles. The highest BCUT2D eigenvalue weighted by atomic mass is 35.5. The van der Waals surface area contributed by atoms with Gasteiger partial charge in [-0.1, -0.05) is 23.7 Å². The lowest BCUT2D eigenvalue weighted by atomic mass is 10.3. The van der Waals surface area contributed by atoms with E-state index in [2.05, 4.69) is 9.46 Å². The molecule has 0 unspecified atom stereocenters. The molecule has 2 rings (SSSR count). The average Bonchev–Trinajstić information content (AvgIpc) is 2.62. The Labute approximate surface area is 156 Å². The van der Waals surface area contributed by atoms with Gasteiger partial charge in [0.15, 0.2) is 0 Å². The molecule has 0 amide bonds. The van der Waals surface area contributed by atoms with E-state index in [0.717, 1.165) is 0 Å². The number of halogens is 1. The summed E-state index contributed by atoms with van der Waals surface area (Å²) in [7, 11) is -1.17. The molecule has 2 aromatic rings. The van der Waals surface area contributed by atoms with Crippen molar-refractivity contribution >= 4 is 33.3 Å². The normalized spacial score (nSPS) is 10.9. The fraction of sp³-hybridized carbons (Fsp3) is 0.235. The van der Waals surface area contributed by atoms with Gasteiger partial charge in [0.2, 0.25) is 0 Å². The second kappa shape index (κ2) is 8.77. The maximum atomic E-state index is 12.6. The number of para-hydroxylation sites is 2. The van der Waals surface area contributed by atoms with Crippen LogP contribution < -0.4 is 14.2 Å². The molecule has 0 bridgehead atoms. The van der Waals surface area contributed by atoms with Gasteiger partial charge in [0.25, 0.3) is 10.0 Å². The number of rotatable bonds is 8. The molecule has 1 N–H and O–H groups in total. The molecule has 0 saturated heterocycles. The smallest absolute Gasteiger partial charge is 0.308 e. The zero-order valence-electron chi connectivity index (χ0n) is 14.2. The first-order valence-electron chi connectivity index (χ1n) is 7.52. The van der Waals surface area contributed by atoms with Gasteiger partial charge in [-0.15, -0.1) is 0 Å². The van der Waals surface area contributed by atoms with Crippen LogP contribution in [0.25, 0.3) is 0 Å². The number of methoxy groups -OCH3 is 2. The molecular formula is C17H18ClNO6S. The van der Waals surface area contributed by atoms with Crippen LogP contribution in [0.5, 0.6) is 11.5 Å². The highest BCUT2D eigenvalue weighted by Crippen LogP contribution is 2.30. The van der Waals surface area contributed by atoms with E-state index in [-0.39, 0.29) is 28.6 Å². The highest BCUT2D eigenvalue weighted by molar-refractivity contribution is 7.92. The van der Waals surface area contributed by atoms with Crippen molar-refractivity contribution in [1.82, 2.24) is 0 Å². The number of hydrogen-bond acceptors (Lipinski definition) is 6. The largest absolute Gasteiger partial charge is 0.495 e. The minimum absolute atomic E-state index is 0.0207. The van der Waals surface area contributed by atoms with Gasteiger partial charge in [0.1, 0.15) is 11.5 Å². The molecule has 0 fully saturated rings.